The van der Waals surface area contributed by atoms with Gasteiger partial charge < -0.3 is 5.73 Å². The van der Waals surface area contributed by atoms with Gasteiger partial charge >= 0.3 is 0 Å². The van der Waals surface area contributed by atoms with E-state index in [9.17, 15) is 0 Å². The smallest absolute Gasteiger partial charge is 0.0349 e. The van der Waals surface area contributed by atoms with Gasteiger partial charge in [0.05, 0.1) is 0 Å². The van der Waals surface area contributed by atoms with Gasteiger partial charge in [-0.1, -0.05) is 25.1 Å². The van der Waals surface area contributed by atoms with E-state index < -0.39 is 0 Å². The largest absolute Gasteiger partial charge is 0.398 e. The Bertz CT molecular complexity index is 609. The molecule has 0 amide bonds. The van der Waals surface area contributed by atoms with Crippen LogP contribution < -0.4 is 5.73 Å². The molecule has 3 rings (SSSR count). The van der Waals surface area contributed by atoms with Crippen molar-refractivity contribution in [2.45, 2.75) is 38.6 Å². The number of nitrogen functional groups attached to an aromatic ring is 1. The molecule has 1 heterocycles. The Morgan fingerprint density at radius 1 is 1.27 bits per heavy atom. The van der Waals surface area contributed by atoms with Crippen molar-refractivity contribution >= 4 is 5.69 Å². The average Bonchev–Trinajstić information content (AvgIpc) is 2.56. The van der Waals surface area contributed by atoms with Crippen LogP contribution in [0.4, 0.5) is 5.69 Å². The molecule has 1 aromatic carbocycles. The zero-order valence-electron chi connectivity index (χ0n) is 13.3. The second kappa shape index (κ2) is 6.93. The second-order valence-electron chi connectivity index (χ2n) is 6.12. The van der Waals surface area contributed by atoms with Crippen molar-refractivity contribution in [3.63, 3.8) is 0 Å². The third-order valence-electron chi connectivity index (χ3n) is 4.83. The zero-order valence-corrected chi connectivity index (χ0v) is 13.3. The Hall–Kier alpha value is -1.87. The van der Waals surface area contributed by atoms with E-state index in [0.29, 0.717) is 6.04 Å². The lowest BCUT2D eigenvalue weighted by Gasteiger charge is -2.35. The molecule has 0 bridgehead atoms. The van der Waals surface area contributed by atoms with Gasteiger partial charge in [-0.15, -0.1) is 0 Å². The molecular formula is C19H25N3. The number of rotatable bonds is 5. The van der Waals surface area contributed by atoms with Crippen molar-refractivity contribution in [2.24, 2.45) is 0 Å². The van der Waals surface area contributed by atoms with Crippen LogP contribution in [0.5, 0.6) is 0 Å². The number of aromatic nitrogens is 1. The number of nitrogens with zero attached hydrogens (tertiary/aromatic N) is 2. The molecule has 0 spiro atoms. The lowest BCUT2D eigenvalue weighted by Crippen LogP contribution is -2.40. The van der Waals surface area contributed by atoms with Gasteiger partial charge in [-0.25, -0.2) is 0 Å². The van der Waals surface area contributed by atoms with Gasteiger partial charge in [0.25, 0.3) is 0 Å². The SMILES string of the molecule is CCN(CCc1cccnc1)C1CCc2c(N)cccc2C1. The van der Waals surface area contributed by atoms with E-state index in [0.717, 1.165) is 38.0 Å². The minimum absolute atomic E-state index is 0.635. The van der Waals surface area contributed by atoms with Crippen LogP contribution in [-0.2, 0) is 19.3 Å². The van der Waals surface area contributed by atoms with Crippen molar-refractivity contribution in [3.05, 3.63) is 59.4 Å². The molecule has 1 aliphatic rings. The molecule has 1 atom stereocenters. The first-order valence-electron chi connectivity index (χ1n) is 8.27. The summed E-state index contributed by atoms with van der Waals surface area (Å²) >= 11 is 0. The van der Waals surface area contributed by atoms with Crippen LogP contribution in [0.1, 0.15) is 30.0 Å². The van der Waals surface area contributed by atoms with Gasteiger partial charge in [0.2, 0.25) is 0 Å². The molecule has 3 nitrogen and oxygen atoms in total. The summed E-state index contributed by atoms with van der Waals surface area (Å²) < 4.78 is 0. The summed E-state index contributed by atoms with van der Waals surface area (Å²) in [7, 11) is 0. The molecule has 0 fully saturated rings. The fourth-order valence-electron chi connectivity index (χ4n) is 3.55. The van der Waals surface area contributed by atoms with Gasteiger partial charge in [0.1, 0.15) is 0 Å². The minimum Gasteiger partial charge on any atom is -0.398 e. The molecule has 0 radical (unpaired) electrons. The van der Waals surface area contributed by atoms with Crippen LogP contribution in [0, 0.1) is 0 Å². The van der Waals surface area contributed by atoms with Crippen LogP contribution in [-0.4, -0.2) is 29.0 Å². The summed E-state index contributed by atoms with van der Waals surface area (Å²) in [6.07, 6.45) is 8.33. The van der Waals surface area contributed by atoms with Crippen molar-refractivity contribution in [3.8, 4) is 0 Å². The van der Waals surface area contributed by atoms with Gasteiger partial charge in [-0.3, -0.25) is 9.88 Å². The maximum absolute atomic E-state index is 6.11. The van der Waals surface area contributed by atoms with E-state index >= 15 is 0 Å². The molecule has 1 aromatic heterocycles. The Morgan fingerprint density at radius 3 is 2.95 bits per heavy atom. The number of anilines is 1. The number of nitrogens with two attached hydrogens (primary N) is 1. The number of pyridine rings is 1. The molecule has 1 aliphatic carbocycles. The van der Waals surface area contributed by atoms with Crippen LogP contribution in [0.2, 0.25) is 0 Å². The molecule has 22 heavy (non-hydrogen) atoms. The average molecular weight is 295 g/mol. The highest BCUT2D eigenvalue weighted by Crippen LogP contribution is 2.28. The van der Waals surface area contributed by atoms with Crippen molar-refractivity contribution in [1.82, 2.24) is 9.88 Å². The van der Waals surface area contributed by atoms with Crippen LogP contribution in [0.15, 0.2) is 42.7 Å². The van der Waals surface area contributed by atoms with Crippen LogP contribution in [0.3, 0.4) is 0 Å². The molecule has 0 aliphatic heterocycles. The molecule has 116 valence electrons. The molecule has 2 N–H and O–H groups in total. The molecule has 3 heteroatoms. The normalized spacial score (nSPS) is 17.5. The Labute approximate surface area is 133 Å². The van der Waals surface area contributed by atoms with E-state index in [1.54, 1.807) is 0 Å². The molecule has 0 saturated carbocycles. The molecule has 1 unspecified atom stereocenters. The molecule has 2 aromatic rings. The summed E-state index contributed by atoms with van der Waals surface area (Å²) in [4.78, 5) is 6.82. The van der Waals surface area contributed by atoms with E-state index in [1.807, 2.05) is 24.5 Å². The monoisotopic (exact) mass is 295 g/mol. The summed E-state index contributed by atoms with van der Waals surface area (Å²) in [6.45, 7) is 4.46. The first-order valence-corrected chi connectivity index (χ1v) is 8.27. The van der Waals surface area contributed by atoms with E-state index in [2.05, 4.69) is 35.0 Å². The molecule has 0 saturated heterocycles. The predicted octanol–water partition coefficient (Wildman–Crippen LogP) is 3.09. The van der Waals surface area contributed by atoms with Crippen LogP contribution >= 0.6 is 0 Å². The van der Waals surface area contributed by atoms with E-state index in [1.165, 1.54) is 23.1 Å². The lowest BCUT2D eigenvalue weighted by atomic mass is 9.86. The Morgan fingerprint density at radius 2 is 2.18 bits per heavy atom. The van der Waals surface area contributed by atoms with Crippen LogP contribution in [0.25, 0.3) is 0 Å². The fraction of sp³-hybridized carbons (Fsp3) is 0.421. The summed E-state index contributed by atoms with van der Waals surface area (Å²) in [5.41, 5.74) is 11.2. The first-order chi connectivity index (χ1) is 10.8. The highest BCUT2D eigenvalue weighted by atomic mass is 15.1. The summed E-state index contributed by atoms with van der Waals surface area (Å²) in [5.74, 6) is 0. The summed E-state index contributed by atoms with van der Waals surface area (Å²) in [6, 6.07) is 11.2. The van der Waals surface area contributed by atoms with Gasteiger partial charge in [0.15, 0.2) is 0 Å². The maximum atomic E-state index is 6.11. The third kappa shape index (κ3) is 3.30. The summed E-state index contributed by atoms with van der Waals surface area (Å²) in [5, 5.41) is 0. The van der Waals surface area contributed by atoms with Gasteiger partial charge in [-0.2, -0.15) is 0 Å². The topological polar surface area (TPSA) is 42.2 Å². The number of benzene rings is 1. The second-order valence-corrected chi connectivity index (χ2v) is 6.12. The standard InChI is InChI=1S/C19H25N3/c1-2-22(12-10-15-5-4-11-21-14-15)17-8-9-18-16(13-17)6-3-7-19(18)20/h3-7,11,14,17H,2,8-10,12-13,20H2,1H3. The highest BCUT2D eigenvalue weighted by molar-refractivity contribution is 5.52. The first kappa shape index (κ1) is 15.0. The zero-order chi connectivity index (χ0) is 15.4. The highest BCUT2D eigenvalue weighted by Gasteiger charge is 2.24. The van der Waals surface area contributed by atoms with Crippen molar-refractivity contribution in [1.29, 1.82) is 0 Å². The third-order valence-corrected chi connectivity index (χ3v) is 4.83. The fourth-order valence-corrected chi connectivity index (χ4v) is 3.55. The predicted molar refractivity (Wildman–Crippen MR) is 91.9 cm³/mol. The quantitative estimate of drug-likeness (QED) is 0.862. The van der Waals surface area contributed by atoms with Crippen molar-refractivity contribution < 1.29 is 0 Å². The van der Waals surface area contributed by atoms with Crippen molar-refractivity contribution in [2.75, 3.05) is 18.8 Å². The number of fused-ring (bicyclic) bond motifs is 1. The lowest BCUT2D eigenvalue weighted by molar-refractivity contribution is 0.191. The Balaban J connectivity index is 1.65. The Kier molecular flexibility index (Phi) is 4.74. The van der Waals surface area contributed by atoms with E-state index in [4.69, 9.17) is 5.73 Å². The number of hydrogen-bond acceptors (Lipinski definition) is 3. The maximum Gasteiger partial charge on any atom is 0.0349 e. The number of hydrogen-bond donors (Lipinski definition) is 1. The van der Waals surface area contributed by atoms with Gasteiger partial charge in [-0.05, 0) is 61.1 Å². The van der Waals surface area contributed by atoms with E-state index in [-0.39, 0.29) is 0 Å². The number of likely N-dealkylation sites (N-methyl/N-ethyl adjacent to an activating group) is 1. The molecular weight excluding hydrogens is 270 g/mol. The minimum atomic E-state index is 0.635. The van der Waals surface area contributed by atoms with Gasteiger partial charge in [0, 0.05) is 30.7 Å².